The summed E-state index contributed by atoms with van der Waals surface area (Å²) in [7, 11) is 3.26. The van der Waals surface area contributed by atoms with Gasteiger partial charge in [-0.15, -0.1) is 0 Å². The quantitative estimate of drug-likeness (QED) is 0.770. The number of methoxy groups -OCH3 is 2. The van der Waals surface area contributed by atoms with Gasteiger partial charge in [0.05, 0.1) is 19.9 Å². The fraction of sp³-hybridized carbons (Fsp3) is 0.188. The standard InChI is InChI=1S/C16H16BrNO2/c1-11-7-15(19-2)16(20-3)8-12(11)10-18-14-6-4-5-13(17)9-14/h4-10H,1-3H3. The highest BCUT2D eigenvalue weighted by Gasteiger charge is 2.07. The number of aryl methyl sites for hydroxylation is 1. The first-order valence-corrected chi connectivity index (χ1v) is 6.95. The zero-order valence-electron chi connectivity index (χ0n) is 11.7. The van der Waals surface area contributed by atoms with Crippen LogP contribution in [0, 0.1) is 6.92 Å². The molecule has 2 rings (SSSR count). The Kier molecular flexibility index (Phi) is 4.79. The predicted octanol–water partition coefficient (Wildman–Crippen LogP) is 4.53. The monoisotopic (exact) mass is 333 g/mol. The van der Waals surface area contributed by atoms with Crippen molar-refractivity contribution in [3.8, 4) is 11.5 Å². The van der Waals surface area contributed by atoms with Crippen molar-refractivity contribution in [3.05, 3.63) is 52.0 Å². The Labute approximate surface area is 127 Å². The van der Waals surface area contributed by atoms with Crippen LogP contribution in [0.1, 0.15) is 11.1 Å². The Bertz CT molecular complexity index is 638. The highest BCUT2D eigenvalue weighted by Crippen LogP contribution is 2.29. The molecule has 0 bridgehead atoms. The van der Waals surface area contributed by atoms with Crippen LogP contribution >= 0.6 is 15.9 Å². The largest absolute Gasteiger partial charge is 0.493 e. The van der Waals surface area contributed by atoms with Gasteiger partial charge in [-0.1, -0.05) is 22.0 Å². The van der Waals surface area contributed by atoms with Gasteiger partial charge in [0.2, 0.25) is 0 Å². The molecule has 0 aromatic heterocycles. The lowest BCUT2D eigenvalue weighted by atomic mass is 10.1. The third kappa shape index (κ3) is 3.39. The summed E-state index contributed by atoms with van der Waals surface area (Å²) in [6.07, 6.45) is 1.83. The lowest BCUT2D eigenvalue weighted by molar-refractivity contribution is 0.354. The average molecular weight is 334 g/mol. The van der Waals surface area contributed by atoms with Gasteiger partial charge < -0.3 is 9.47 Å². The Hall–Kier alpha value is -1.81. The first-order chi connectivity index (χ1) is 9.63. The molecule has 0 N–H and O–H groups in total. The minimum atomic E-state index is 0.703. The number of halogens is 1. The molecular weight excluding hydrogens is 318 g/mol. The summed E-state index contributed by atoms with van der Waals surface area (Å²) in [5.41, 5.74) is 2.98. The van der Waals surface area contributed by atoms with Gasteiger partial charge in [-0.2, -0.15) is 0 Å². The summed E-state index contributed by atoms with van der Waals surface area (Å²) in [6.45, 7) is 2.02. The van der Waals surface area contributed by atoms with Crippen LogP contribution in [-0.2, 0) is 0 Å². The van der Waals surface area contributed by atoms with Crippen LogP contribution in [0.4, 0.5) is 5.69 Å². The number of aliphatic imine (C=N–C) groups is 1. The van der Waals surface area contributed by atoms with Gasteiger partial charge in [0.1, 0.15) is 0 Å². The number of rotatable bonds is 4. The Balaban J connectivity index is 2.33. The summed E-state index contributed by atoms with van der Waals surface area (Å²) < 4.78 is 11.6. The highest BCUT2D eigenvalue weighted by molar-refractivity contribution is 9.10. The molecule has 0 fully saturated rings. The maximum Gasteiger partial charge on any atom is 0.161 e. The second-order valence-electron chi connectivity index (χ2n) is 4.30. The fourth-order valence-corrected chi connectivity index (χ4v) is 2.22. The van der Waals surface area contributed by atoms with Crippen LogP contribution in [0.15, 0.2) is 45.9 Å². The first-order valence-electron chi connectivity index (χ1n) is 6.16. The molecule has 0 saturated carbocycles. The highest BCUT2D eigenvalue weighted by atomic mass is 79.9. The summed E-state index contributed by atoms with van der Waals surface area (Å²) in [5.74, 6) is 1.43. The molecule has 2 aromatic rings. The summed E-state index contributed by atoms with van der Waals surface area (Å²) >= 11 is 3.43. The van der Waals surface area contributed by atoms with E-state index in [4.69, 9.17) is 9.47 Å². The Morgan fingerprint density at radius 2 is 1.75 bits per heavy atom. The second-order valence-corrected chi connectivity index (χ2v) is 5.22. The van der Waals surface area contributed by atoms with Crippen molar-refractivity contribution in [3.63, 3.8) is 0 Å². The van der Waals surface area contributed by atoms with Gasteiger partial charge in [0.15, 0.2) is 11.5 Å². The van der Waals surface area contributed by atoms with Crippen molar-refractivity contribution in [1.29, 1.82) is 0 Å². The molecule has 0 aliphatic heterocycles. The van der Waals surface area contributed by atoms with Gasteiger partial charge in [-0.05, 0) is 48.4 Å². The molecule has 0 aliphatic carbocycles. The molecule has 0 aliphatic rings. The molecule has 2 aromatic carbocycles. The summed E-state index contributed by atoms with van der Waals surface area (Å²) in [4.78, 5) is 4.48. The number of nitrogens with zero attached hydrogens (tertiary/aromatic N) is 1. The van der Waals surface area contributed by atoms with Crippen molar-refractivity contribution in [2.45, 2.75) is 6.92 Å². The van der Waals surface area contributed by atoms with Crippen LogP contribution in [0.5, 0.6) is 11.5 Å². The zero-order valence-corrected chi connectivity index (χ0v) is 13.3. The van der Waals surface area contributed by atoms with Gasteiger partial charge in [-0.3, -0.25) is 4.99 Å². The van der Waals surface area contributed by atoms with E-state index in [1.54, 1.807) is 14.2 Å². The third-order valence-corrected chi connectivity index (χ3v) is 3.43. The van der Waals surface area contributed by atoms with E-state index in [-0.39, 0.29) is 0 Å². The van der Waals surface area contributed by atoms with Crippen molar-refractivity contribution in [2.75, 3.05) is 14.2 Å². The van der Waals surface area contributed by atoms with E-state index in [0.717, 1.165) is 27.0 Å². The van der Waals surface area contributed by atoms with Crippen molar-refractivity contribution in [1.82, 2.24) is 0 Å². The van der Waals surface area contributed by atoms with E-state index in [1.165, 1.54) is 0 Å². The molecule has 20 heavy (non-hydrogen) atoms. The minimum Gasteiger partial charge on any atom is -0.493 e. The second kappa shape index (κ2) is 6.57. The van der Waals surface area contributed by atoms with Crippen LogP contribution in [-0.4, -0.2) is 20.4 Å². The molecule has 0 atom stereocenters. The Morgan fingerprint density at radius 3 is 2.40 bits per heavy atom. The van der Waals surface area contributed by atoms with Crippen LogP contribution < -0.4 is 9.47 Å². The predicted molar refractivity (Wildman–Crippen MR) is 85.7 cm³/mol. The number of hydrogen-bond donors (Lipinski definition) is 0. The molecule has 0 heterocycles. The zero-order chi connectivity index (χ0) is 14.5. The molecule has 3 nitrogen and oxygen atoms in total. The lowest BCUT2D eigenvalue weighted by Gasteiger charge is -2.10. The lowest BCUT2D eigenvalue weighted by Crippen LogP contribution is -1.95. The number of hydrogen-bond acceptors (Lipinski definition) is 3. The SMILES string of the molecule is COc1cc(C)c(C=Nc2cccc(Br)c2)cc1OC. The minimum absolute atomic E-state index is 0.703. The Morgan fingerprint density at radius 1 is 1.05 bits per heavy atom. The summed E-state index contributed by atoms with van der Waals surface area (Å²) in [6, 6.07) is 11.7. The van der Waals surface area contributed by atoms with Crippen molar-refractivity contribution >= 4 is 27.8 Å². The molecule has 0 spiro atoms. The number of benzene rings is 2. The molecule has 0 unspecified atom stereocenters. The van der Waals surface area contributed by atoms with E-state index in [0.29, 0.717) is 5.75 Å². The average Bonchev–Trinajstić information content (AvgIpc) is 2.45. The van der Waals surface area contributed by atoms with Crippen molar-refractivity contribution in [2.24, 2.45) is 4.99 Å². The van der Waals surface area contributed by atoms with Gasteiger partial charge in [0.25, 0.3) is 0 Å². The maximum atomic E-state index is 5.31. The van der Waals surface area contributed by atoms with E-state index in [1.807, 2.05) is 49.5 Å². The maximum absolute atomic E-state index is 5.31. The van der Waals surface area contributed by atoms with Gasteiger partial charge in [0, 0.05) is 10.7 Å². The van der Waals surface area contributed by atoms with Crippen molar-refractivity contribution < 1.29 is 9.47 Å². The molecule has 0 saturated heterocycles. The van der Waals surface area contributed by atoms with E-state index in [9.17, 15) is 0 Å². The van der Waals surface area contributed by atoms with E-state index >= 15 is 0 Å². The van der Waals surface area contributed by atoms with E-state index < -0.39 is 0 Å². The smallest absolute Gasteiger partial charge is 0.161 e. The van der Waals surface area contributed by atoms with E-state index in [2.05, 4.69) is 20.9 Å². The molecule has 4 heteroatoms. The normalized spacial score (nSPS) is 10.8. The summed E-state index contributed by atoms with van der Waals surface area (Å²) in [5, 5.41) is 0. The molecule has 0 amide bonds. The van der Waals surface area contributed by atoms with Gasteiger partial charge in [-0.25, -0.2) is 0 Å². The number of ether oxygens (including phenoxy) is 2. The molecule has 0 radical (unpaired) electrons. The van der Waals surface area contributed by atoms with Gasteiger partial charge >= 0.3 is 0 Å². The molecular formula is C16H16BrNO2. The third-order valence-electron chi connectivity index (χ3n) is 2.93. The van der Waals surface area contributed by atoms with Crippen LogP contribution in [0.25, 0.3) is 0 Å². The van der Waals surface area contributed by atoms with Crippen LogP contribution in [0.3, 0.4) is 0 Å². The van der Waals surface area contributed by atoms with Crippen LogP contribution in [0.2, 0.25) is 0 Å². The molecule has 104 valence electrons. The topological polar surface area (TPSA) is 30.8 Å². The first kappa shape index (κ1) is 14.6. The fourth-order valence-electron chi connectivity index (χ4n) is 1.84.